The Bertz CT molecular complexity index is 1160. The summed E-state index contributed by atoms with van der Waals surface area (Å²) < 4.78 is 10.9. The number of carbonyl (C=O) groups excluding carboxylic acids is 1. The van der Waals surface area contributed by atoms with Gasteiger partial charge in [-0.3, -0.25) is 4.79 Å². The average Bonchev–Trinajstić information content (AvgIpc) is 2.91. The van der Waals surface area contributed by atoms with Crippen LogP contribution >= 0.6 is 46.6 Å². The topological polar surface area (TPSA) is 93.6 Å². The maximum Gasteiger partial charge on any atom is 0.272 e. The number of thioether (sulfide) groups is 1. The molecule has 4 rings (SSSR count). The Morgan fingerprint density at radius 2 is 1.62 bits per heavy atom. The number of aromatic nitrogens is 2. The average molecular weight is 583 g/mol. The molecule has 2 N–H and O–H groups in total. The van der Waals surface area contributed by atoms with Gasteiger partial charge in [0.05, 0.1) is 18.8 Å². The summed E-state index contributed by atoms with van der Waals surface area (Å²) in [5.41, 5.74) is 3.52. The highest BCUT2D eigenvalue weighted by molar-refractivity contribution is 7.99. The van der Waals surface area contributed by atoms with E-state index in [-0.39, 0.29) is 31.3 Å². The molecule has 0 radical (unpaired) electrons. The molecule has 1 aliphatic heterocycles. The van der Waals surface area contributed by atoms with Crippen LogP contribution in [0.25, 0.3) is 0 Å². The summed E-state index contributed by atoms with van der Waals surface area (Å²) in [6.45, 7) is 2.30. The van der Waals surface area contributed by atoms with Crippen molar-refractivity contribution in [2.24, 2.45) is 5.92 Å². The molecule has 0 aliphatic carbocycles. The lowest BCUT2D eigenvalue weighted by molar-refractivity contribution is -0.268. The molecule has 2 heterocycles. The number of aliphatic hydroxyl groups excluding tert-OH is 1. The van der Waals surface area contributed by atoms with E-state index >= 15 is 0 Å². The fourth-order valence-corrected chi connectivity index (χ4v) is 5.07. The van der Waals surface area contributed by atoms with E-state index in [1.165, 1.54) is 11.8 Å². The normalized spacial score (nSPS) is 22.0. The number of hydrogen-bond acceptors (Lipinski definition) is 7. The lowest BCUT2D eigenvalue weighted by Gasteiger charge is -2.41. The molecule has 1 saturated heterocycles. The molecule has 3 aromatic rings. The summed E-state index contributed by atoms with van der Waals surface area (Å²) in [7, 11) is 0. The van der Waals surface area contributed by atoms with Gasteiger partial charge >= 0.3 is 0 Å². The Hall–Kier alpha value is -1.91. The highest BCUT2D eigenvalue weighted by Gasteiger charge is 2.38. The Labute approximate surface area is 234 Å². The maximum absolute atomic E-state index is 11.8. The first-order valence-electron chi connectivity index (χ1n) is 11.6. The number of ether oxygens (including phenoxy) is 2. The van der Waals surface area contributed by atoms with E-state index in [1.807, 2.05) is 48.5 Å². The number of benzene rings is 2. The zero-order valence-corrected chi connectivity index (χ0v) is 23.0. The van der Waals surface area contributed by atoms with Crippen molar-refractivity contribution in [3.63, 3.8) is 0 Å². The highest BCUT2D eigenvalue weighted by Crippen LogP contribution is 2.42. The lowest BCUT2D eigenvalue weighted by Crippen LogP contribution is -2.38. The smallest absolute Gasteiger partial charge is 0.272 e. The first kappa shape index (κ1) is 28.1. The van der Waals surface area contributed by atoms with Gasteiger partial charge in [-0.1, -0.05) is 102 Å². The Morgan fingerprint density at radius 3 is 2.24 bits per heavy atom. The number of amides is 1. The zero-order valence-electron chi connectivity index (χ0n) is 19.9. The molecule has 196 valence electrons. The van der Waals surface area contributed by atoms with Crippen LogP contribution in [-0.4, -0.2) is 36.6 Å². The minimum absolute atomic E-state index is 0.0160. The maximum atomic E-state index is 11.8. The van der Waals surface area contributed by atoms with Crippen LogP contribution in [0, 0.1) is 5.92 Å². The summed E-state index contributed by atoms with van der Waals surface area (Å²) in [6, 6.07) is 17.1. The van der Waals surface area contributed by atoms with Gasteiger partial charge in [0, 0.05) is 36.2 Å². The van der Waals surface area contributed by atoms with Gasteiger partial charge < -0.3 is 19.9 Å². The third-order valence-electron chi connectivity index (χ3n) is 6.00. The van der Waals surface area contributed by atoms with Crippen LogP contribution in [0.4, 0.5) is 0 Å². The van der Waals surface area contributed by atoms with Crippen molar-refractivity contribution in [2.75, 3.05) is 5.75 Å². The number of nitrogens with zero attached hydrogens (tertiary/aromatic N) is 2. The van der Waals surface area contributed by atoms with Crippen LogP contribution in [-0.2, 0) is 27.4 Å². The van der Waals surface area contributed by atoms with Crippen molar-refractivity contribution in [1.82, 2.24) is 15.3 Å². The van der Waals surface area contributed by atoms with Gasteiger partial charge in [0.15, 0.2) is 11.4 Å². The summed E-state index contributed by atoms with van der Waals surface area (Å²) in [4.78, 5) is 20.4. The van der Waals surface area contributed by atoms with Crippen LogP contribution < -0.4 is 5.32 Å². The van der Waals surface area contributed by atoms with Crippen molar-refractivity contribution >= 4 is 52.5 Å². The lowest BCUT2D eigenvalue weighted by atomic mass is 9.91. The van der Waals surface area contributed by atoms with Crippen molar-refractivity contribution < 1.29 is 19.4 Å². The minimum atomic E-state index is -2.01. The van der Waals surface area contributed by atoms with Gasteiger partial charge in [-0.25, -0.2) is 9.97 Å². The van der Waals surface area contributed by atoms with E-state index < -0.39 is 16.0 Å². The summed E-state index contributed by atoms with van der Waals surface area (Å²) in [5, 5.41) is 12.7. The van der Waals surface area contributed by atoms with Crippen molar-refractivity contribution in [1.29, 1.82) is 0 Å². The van der Waals surface area contributed by atoms with Crippen LogP contribution in [0.5, 0.6) is 0 Å². The van der Waals surface area contributed by atoms with Crippen LogP contribution in [0.2, 0.25) is 0 Å². The largest absolute Gasteiger partial charge is 0.392 e. The summed E-state index contributed by atoms with van der Waals surface area (Å²) in [6.07, 6.45) is 2.46. The predicted octanol–water partition coefficient (Wildman–Crippen LogP) is 5.54. The van der Waals surface area contributed by atoms with E-state index in [9.17, 15) is 9.90 Å². The van der Waals surface area contributed by atoms with Crippen LogP contribution in [0.15, 0.2) is 72.1 Å². The molecule has 4 atom stereocenters. The Morgan fingerprint density at radius 1 is 1.00 bits per heavy atom. The SMILES string of the molecule is C[C@@H]1[C@H](CSc2ncccn2)O[C@H](c2ccc(CNC(=O)C(Cl)(Cl)Cl)cc2)O[C@@H]1c1ccc(CO)cc1. The van der Waals surface area contributed by atoms with E-state index in [0.717, 1.165) is 22.3 Å². The number of nitrogens with one attached hydrogen (secondary N) is 1. The number of aliphatic hydroxyl groups is 1. The molecule has 37 heavy (non-hydrogen) atoms. The predicted molar refractivity (Wildman–Crippen MR) is 144 cm³/mol. The van der Waals surface area contributed by atoms with E-state index in [2.05, 4.69) is 22.2 Å². The molecule has 0 spiro atoms. The monoisotopic (exact) mass is 581 g/mol. The Balaban J connectivity index is 1.51. The van der Waals surface area contributed by atoms with Crippen molar-refractivity contribution in [3.8, 4) is 0 Å². The number of carbonyl (C=O) groups is 1. The fourth-order valence-electron chi connectivity index (χ4n) is 3.90. The highest BCUT2D eigenvalue weighted by atomic mass is 35.6. The zero-order chi connectivity index (χ0) is 26.4. The number of halogens is 3. The standard InChI is InChI=1S/C26H26Cl3N3O4S/c1-16-21(15-37-25-30-11-2-12-31-25)35-23(36-22(16)19-7-5-18(14-33)6-8-19)20-9-3-17(4-10-20)13-32-24(34)26(27,28)29/h2-12,16,21-23,33H,13-15H2,1H3,(H,32,34)/t16-,21+,22+,23+/m1/s1. The third-order valence-corrected chi connectivity index (χ3v) is 7.48. The summed E-state index contributed by atoms with van der Waals surface area (Å²) >= 11 is 18.4. The molecule has 1 aromatic heterocycles. The van der Waals surface area contributed by atoms with Gasteiger partial charge in [-0.2, -0.15) is 0 Å². The molecule has 1 fully saturated rings. The molecule has 0 saturated carbocycles. The van der Waals surface area contributed by atoms with E-state index in [1.54, 1.807) is 18.5 Å². The van der Waals surface area contributed by atoms with Crippen molar-refractivity contribution in [2.45, 2.75) is 47.5 Å². The third kappa shape index (κ3) is 7.57. The molecule has 11 heteroatoms. The number of rotatable bonds is 8. The molecule has 0 bridgehead atoms. The van der Waals surface area contributed by atoms with Gasteiger partial charge in [-0.05, 0) is 22.8 Å². The summed E-state index contributed by atoms with van der Waals surface area (Å²) in [5.74, 6) is 0.00776. The molecule has 1 amide bonds. The molecular weight excluding hydrogens is 557 g/mol. The van der Waals surface area contributed by atoms with Crippen LogP contribution in [0.1, 0.15) is 41.6 Å². The minimum Gasteiger partial charge on any atom is -0.392 e. The van der Waals surface area contributed by atoms with Crippen molar-refractivity contribution in [3.05, 3.63) is 89.2 Å². The quantitative estimate of drug-likeness (QED) is 0.205. The van der Waals surface area contributed by atoms with Crippen LogP contribution in [0.3, 0.4) is 0 Å². The molecule has 2 aromatic carbocycles. The first-order chi connectivity index (χ1) is 17.7. The molecular formula is C26H26Cl3N3O4S. The fraction of sp³-hybridized carbons (Fsp3) is 0.346. The van der Waals surface area contributed by atoms with E-state index in [4.69, 9.17) is 44.3 Å². The van der Waals surface area contributed by atoms with Gasteiger partial charge in [0.1, 0.15) is 0 Å². The second-order valence-corrected chi connectivity index (χ2v) is 11.9. The van der Waals surface area contributed by atoms with Gasteiger partial charge in [0.25, 0.3) is 9.70 Å². The molecule has 0 unspecified atom stereocenters. The second kappa shape index (κ2) is 12.8. The number of alkyl halides is 3. The Kier molecular flexibility index (Phi) is 9.69. The first-order valence-corrected chi connectivity index (χ1v) is 13.7. The number of hydrogen-bond donors (Lipinski definition) is 2. The van der Waals surface area contributed by atoms with Gasteiger partial charge in [0.2, 0.25) is 0 Å². The van der Waals surface area contributed by atoms with Gasteiger partial charge in [-0.15, -0.1) is 0 Å². The second-order valence-electron chi connectivity index (χ2n) is 8.59. The molecule has 7 nitrogen and oxygen atoms in total. The van der Waals surface area contributed by atoms with E-state index in [0.29, 0.717) is 10.9 Å². The molecule has 1 aliphatic rings.